The predicted molar refractivity (Wildman–Crippen MR) is 126 cm³/mol. The highest BCUT2D eigenvalue weighted by Crippen LogP contribution is 2.37. The Morgan fingerprint density at radius 3 is 1.85 bits per heavy atom. The zero-order valence-corrected chi connectivity index (χ0v) is 19.2. The molecule has 178 valence electrons. The second-order valence-electron chi connectivity index (χ2n) is 8.48. The van der Waals surface area contributed by atoms with Gasteiger partial charge in [-0.25, -0.2) is 0 Å². The summed E-state index contributed by atoms with van der Waals surface area (Å²) in [6.45, 7) is 1.22. The summed E-state index contributed by atoms with van der Waals surface area (Å²) in [6.07, 6.45) is -2.71. The minimum Gasteiger partial charge on any atom is -0.368 e. The molecule has 0 bridgehead atoms. The molecule has 0 spiro atoms. The number of rotatable bonds is 8. The van der Waals surface area contributed by atoms with Gasteiger partial charge in [-0.05, 0) is 11.1 Å². The van der Waals surface area contributed by atoms with Gasteiger partial charge in [-0.15, -0.1) is 0 Å². The number of benzene rings is 3. The van der Waals surface area contributed by atoms with E-state index >= 15 is 0 Å². The van der Waals surface area contributed by atoms with E-state index in [9.17, 15) is 0 Å². The van der Waals surface area contributed by atoms with Crippen LogP contribution in [0.5, 0.6) is 0 Å². The zero-order chi connectivity index (χ0) is 23.2. The van der Waals surface area contributed by atoms with Crippen LogP contribution in [0, 0.1) is 0 Å². The molecule has 2 heterocycles. The van der Waals surface area contributed by atoms with Crippen LogP contribution in [0.4, 0.5) is 0 Å². The highest BCUT2D eigenvalue weighted by atomic mass is 16.8. The van der Waals surface area contributed by atoms with Crippen molar-refractivity contribution in [2.75, 3.05) is 13.7 Å². The Morgan fingerprint density at radius 1 is 0.706 bits per heavy atom. The average molecular weight is 463 g/mol. The van der Waals surface area contributed by atoms with Gasteiger partial charge in [0.15, 0.2) is 12.6 Å². The Labute approximate surface area is 200 Å². The molecular weight excluding hydrogens is 432 g/mol. The van der Waals surface area contributed by atoms with Crippen molar-refractivity contribution in [1.29, 1.82) is 0 Å². The van der Waals surface area contributed by atoms with Crippen LogP contribution in [0.2, 0.25) is 0 Å². The Kier molecular flexibility index (Phi) is 7.65. The average Bonchev–Trinajstić information content (AvgIpc) is 2.91. The van der Waals surface area contributed by atoms with E-state index in [0.29, 0.717) is 19.8 Å². The Morgan fingerprint density at radius 2 is 1.26 bits per heavy atom. The molecule has 2 fully saturated rings. The van der Waals surface area contributed by atoms with Gasteiger partial charge in [0.2, 0.25) is 0 Å². The van der Waals surface area contributed by atoms with Gasteiger partial charge in [-0.3, -0.25) is 0 Å². The molecule has 0 saturated carbocycles. The molecule has 5 rings (SSSR count). The lowest BCUT2D eigenvalue weighted by molar-refractivity contribution is -0.369. The predicted octanol–water partition coefficient (Wildman–Crippen LogP) is 4.64. The third-order valence-corrected chi connectivity index (χ3v) is 6.16. The zero-order valence-electron chi connectivity index (χ0n) is 19.2. The summed E-state index contributed by atoms with van der Waals surface area (Å²) in [5.41, 5.74) is 3.10. The van der Waals surface area contributed by atoms with Crippen LogP contribution in [0.15, 0.2) is 91.0 Å². The van der Waals surface area contributed by atoms with Crippen molar-refractivity contribution in [3.63, 3.8) is 0 Å². The third-order valence-electron chi connectivity index (χ3n) is 6.16. The molecule has 0 radical (unpaired) electrons. The third kappa shape index (κ3) is 5.39. The van der Waals surface area contributed by atoms with E-state index in [1.807, 2.05) is 91.0 Å². The molecule has 3 aromatic rings. The molecule has 0 aliphatic carbocycles. The molecule has 2 aliphatic rings. The Balaban J connectivity index is 1.39. The second kappa shape index (κ2) is 11.2. The maximum atomic E-state index is 6.49. The van der Waals surface area contributed by atoms with Gasteiger partial charge in [0.1, 0.15) is 24.4 Å². The van der Waals surface area contributed by atoms with Gasteiger partial charge < -0.3 is 28.4 Å². The SMILES string of the molecule is CO[C@H]1O[C@@H]2CO[C@@H](c3ccccc3)O[C@@H]2[C@H](OCc2ccccc2)[C@H]1OCc1ccccc1. The summed E-state index contributed by atoms with van der Waals surface area (Å²) in [7, 11) is 1.62. The fourth-order valence-electron chi connectivity index (χ4n) is 4.42. The Hall–Kier alpha value is -2.58. The fourth-order valence-corrected chi connectivity index (χ4v) is 4.42. The quantitative estimate of drug-likeness (QED) is 0.486. The summed E-state index contributed by atoms with van der Waals surface area (Å²) in [4.78, 5) is 0. The lowest BCUT2D eigenvalue weighted by Crippen LogP contribution is -2.63. The normalized spacial score (nSPS) is 28.9. The van der Waals surface area contributed by atoms with Crippen LogP contribution in [0.25, 0.3) is 0 Å². The second-order valence-corrected chi connectivity index (χ2v) is 8.48. The number of fused-ring (bicyclic) bond motifs is 1. The summed E-state index contributed by atoms with van der Waals surface area (Å²) >= 11 is 0. The lowest BCUT2D eigenvalue weighted by Gasteiger charge is -2.48. The first kappa shape index (κ1) is 23.2. The molecule has 0 amide bonds. The van der Waals surface area contributed by atoms with Gasteiger partial charge in [0.05, 0.1) is 19.8 Å². The van der Waals surface area contributed by atoms with Crippen LogP contribution in [-0.2, 0) is 41.6 Å². The molecule has 6 nitrogen and oxygen atoms in total. The van der Waals surface area contributed by atoms with Crippen molar-refractivity contribution in [3.8, 4) is 0 Å². The van der Waals surface area contributed by atoms with E-state index < -0.39 is 24.8 Å². The lowest BCUT2D eigenvalue weighted by atomic mass is 9.97. The largest absolute Gasteiger partial charge is 0.368 e. The minimum absolute atomic E-state index is 0.331. The highest BCUT2D eigenvalue weighted by Gasteiger charge is 2.51. The highest BCUT2D eigenvalue weighted by molar-refractivity contribution is 5.17. The van der Waals surface area contributed by atoms with Gasteiger partial charge >= 0.3 is 0 Å². The maximum absolute atomic E-state index is 6.49. The topological polar surface area (TPSA) is 55.4 Å². The molecule has 0 N–H and O–H groups in total. The van der Waals surface area contributed by atoms with Crippen molar-refractivity contribution >= 4 is 0 Å². The molecule has 2 saturated heterocycles. The van der Waals surface area contributed by atoms with Gasteiger partial charge in [-0.1, -0.05) is 91.0 Å². The van der Waals surface area contributed by atoms with E-state index in [1.165, 1.54) is 0 Å². The summed E-state index contributed by atoms with van der Waals surface area (Å²) in [5, 5.41) is 0. The first-order chi connectivity index (χ1) is 16.8. The molecule has 34 heavy (non-hydrogen) atoms. The van der Waals surface area contributed by atoms with Gasteiger partial charge in [0, 0.05) is 12.7 Å². The van der Waals surface area contributed by atoms with Crippen molar-refractivity contribution in [2.24, 2.45) is 0 Å². The standard InChI is InChI=1S/C28H30O6/c1-29-28-26(31-18-21-13-7-3-8-14-21)25(30-17-20-11-5-2-6-12-20)24-23(33-28)19-32-27(34-24)22-15-9-4-10-16-22/h2-16,23-28H,17-19H2,1H3/t23-,24+,25+,26-,27-,28+/m1/s1. The summed E-state index contributed by atoms with van der Waals surface area (Å²) < 4.78 is 37.2. The Bertz CT molecular complexity index is 993. The fraction of sp³-hybridized carbons (Fsp3) is 0.357. The monoisotopic (exact) mass is 462 g/mol. The summed E-state index contributed by atoms with van der Waals surface area (Å²) in [5.74, 6) is 0. The summed E-state index contributed by atoms with van der Waals surface area (Å²) in [6, 6.07) is 30.0. The van der Waals surface area contributed by atoms with Crippen LogP contribution in [0.3, 0.4) is 0 Å². The number of hydrogen-bond donors (Lipinski definition) is 0. The van der Waals surface area contributed by atoms with Crippen molar-refractivity contribution in [2.45, 2.75) is 50.2 Å². The van der Waals surface area contributed by atoms with Crippen LogP contribution in [0.1, 0.15) is 23.0 Å². The van der Waals surface area contributed by atoms with Crippen LogP contribution in [-0.4, -0.2) is 44.4 Å². The van der Waals surface area contributed by atoms with Crippen molar-refractivity contribution < 1.29 is 28.4 Å². The van der Waals surface area contributed by atoms with E-state index in [0.717, 1.165) is 16.7 Å². The van der Waals surface area contributed by atoms with Crippen LogP contribution < -0.4 is 0 Å². The van der Waals surface area contributed by atoms with E-state index in [2.05, 4.69) is 0 Å². The van der Waals surface area contributed by atoms with Crippen molar-refractivity contribution in [1.82, 2.24) is 0 Å². The van der Waals surface area contributed by atoms with E-state index in [-0.39, 0.29) is 12.2 Å². The molecular formula is C28H30O6. The number of hydrogen-bond acceptors (Lipinski definition) is 6. The smallest absolute Gasteiger partial charge is 0.186 e. The maximum Gasteiger partial charge on any atom is 0.186 e. The number of methoxy groups -OCH3 is 1. The molecule has 0 unspecified atom stereocenters. The number of ether oxygens (including phenoxy) is 6. The minimum atomic E-state index is -0.605. The molecule has 6 atom stereocenters. The van der Waals surface area contributed by atoms with E-state index in [1.54, 1.807) is 7.11 Å². The first-order valence-electron chi connectivity index (χ1n) is 11.6. The van der Waals surface area contributed by atoms with Gasteiger partial charge in [-0.2, -0.15) is 0 Å². The first-order valence-corrected chi connectivity index (χ1v) is 11.6. The molecule has 6 heteroatoms. The van der Waals surface area contributed by atoms with Gasteiger partial charge in [0.25, 0.3) is 0 Å². The molecule has 0 aromatic heterocycles. The van der Waals surface area contributed by atoms with Crippen LogP contribution >= 0.6 is 0 Å². The van der Waals surface area contributed by atoms with E-state index in [4.69, 9.17) is 28.4 Å². The molecule has 2 aliphatic heterocycles. The van der Waals surface area contributed by atoms with Crippen molar-refractivity contribution in [3.05, 3.63) is 108 Å². The molecule has 3 aromatic carbocycles.